The second-order valence-corrected chi connectivity index (χ2v) is 7.36. The molecule has 0 spiro atoms. The highest BCUT2D eigenvalue weighted by Crippen LogP contribution is 2.28. The number of para-hydroxylation sites is 1. The predicted octanol–water partition coefficient (Wildman–Crippen LogP) is 5.18. The smallest absolute Gasteiger partial charge is 0.266 e. The zero-order chi connectivity index (χ0) is 18.1. The highest BCUT2D eigenvalue weighted by molar-refractivity contribution is 7.20. The third kappa shape index (κ3) is 3.31. The summed E-state index contributed by atoms with van der Waals surface area (Å²) in [5.41, 5.74) is 5.50. The van der Waals surface area contributed by atoms with Gasteiger partial charge in [-0.1, -0.05) is 41.9 Å². The van der Waals surface area contributed by atoms with Crippen molar-refractivity contribution >= 4 is 56.2 Å². The lowest BCUT2D eigenvalue weighted by Crippen LogP contribution is -2.16. The summed E-state index contributed by atoms with van der Waals surface area (Å²) in [4.78, 5) is 18.5. The van der Waals surface area contributed by atoms with E-state index in [0.717, 1.165) is 32.2 Å². The summed E-state index contributed by atoms with van der Waals surface area (Å²) in [7, 11) is 0. The van der Waals surface area contributed by atoms with E-state index in [2.05, 4.69) is 16.6 Å². The van der Waals surface area contributed by atoms with Crippen LogP contribution in [0.25, 0.3) is 21.1 Å². The number of halogens is 1. The molecule has 0 radical (unpaired) electrons. The number of carbonyl (C=O) groups is 1. The van der Waals surface area contributed by atoms with Gasteiger partial charge in [0.1, 0.15) is 4.83 Å². The molecule has 1 amide bonds. The molecule has 4 aromatic rings. The molecular weight excluding hydrogens is 366 g/mol. The lowest BCUT2D eigenvalue weighted by atomic mass is 10.1. The van der Waals surface area contributed by atoms with Crippen molar-refractivity contribution in [2.45, 2.75) is 6.92 Å². The lowest BCUT2D eigenvalue weighted by Gasteiger charge is -2.00. The minimum atomic E-state index is -0.251. The molecule has 4 rings (SSSR count). The number of hydrogen-bond acceptors (Lipinski definition) is 4. The summed E-state index contributed by atoms with van der Waals surface area (Å²) < 4.78 is 0. The molecule has 0 saturated heterocycles. The fourth-order valence-corrected chi connectivity index (χ4v) is 3.72. The molecule has 2 aromatic heterocycles. The number of aromatic nitrogens is 1. The van der Waals surface area contributed by atoms with Crippen molar-refractivity contribution < 1.29 is 4.79 Å². The van der Waals surface area contributed by atoms with E-state index in [4.69, 9.17) is 16.6 Å². The molecule has 2 aromatic carbocycles. The van der Waals surface area contributed by atoms with Crippen LogP contribution in [-0.4, -0.2) is 17.1 Å². The standard InChI is InChI=1S/C20H14ClN3OS/c1-12-3-2-4-14-9-15-10-17(26-20(15)23-18(12)14)19(25)24-22-11-13-5-7-16(21)8-6-13/h2-11H,1H3,(H,24,25)/b22-11-. The van der Waals surface area contributed by atoms with Gasteiger partial charge in [-0.2, -0.15) is 5.10 Å². The Hall–Kier alpha value is -2.76. The Kier molecular flexibility index (Phi) is 4.41. The van der Waals surface area contributed by atoms with Gasteiger partial charge in [0.2, 0.25) is 0 Å². The molecule has 0 aliphatic heterocycles. The van der Waals surface area contributed by atoms with Crippen LogP contribution in [0.3, 0.4) is 0 Å². The van der Waals surface area contributed by atoms with Crippen LogP contribution in [-0.2, 0) is 0 Å². The van der Waals surface area contributed by atoms with E-state index in [0.29, 0.717) is 9.90 Å². The van der Waals surface area contributed by atoms with E-state index in [-0.39, 0.29) is 5.91 Å². The van der Waals surface area contributed by atoms with Gasteiger partial charge in [0.05, 0.1) is 16.6 Å². The van der Waals surface area contributed by atoms with Gasteiger partial charge in [-0.3, -0.25) is 4.79 Å². The minimum absolute atomic E-state index is 0.251. The second kappa shape index (κ2) is 6.86. The van der Waals surface area contributed by atoms with Gasteiger partial charge < -0.3 is 0 Å². The molecule has 1 N–H and O–H groups in total. The first kappa shape index (κ1) is 16.7. The van der Waals surface area contributed by atoms with E-state index < -0.39 is 0 Å². The van der Waals surface area contributed by atoms with Crippen LogP contribution in [0.5, 0.6) is 0 Å². The van der Waals surface area contributed by atoms with Crippen molar-refractivity contribution in [3.63, 3.8) is 0 Å². The molecule has 128 valence electrons. The molecule has 0 saturated carbocycles. The quantitative estimate of drug-likeness (QED) is 0.394. The predicted molar refractivity (Wildman–Crippen MR) is 108 cm³/mol. The maximum atomic E-state index is 12.4. The Bertz CT molecular complexity index is 1150. The van der Waals surface area contributed by atoms with Crippen LogP contribution in [0.2, 0.25) is 5.02 Å². The van der Waals surface area contributed by atoms with Crippen LogP contribution in [0.15, 0.2) is 59.7 Å². The van der Waals surface area contributed by atoms with E-state index >= 15 is 0 Å². The fourth-order valence-electron chi connectivity index (χ4n) is 2.69. The molecule has 26 heavy (non-hydrogen) atoms. The highest BCUT2D eigenvalue weighted by Gasteiger charge is 2.12. The van der Waals surface area contributed by atoms with Gasteiger partial charge in [-0.05, 0) is 42.3 Å². The van der Waals surface area contributed by atoms with E-state index in [1.54, 1.807) is 18.3 Å². The lowest BCUT2D eigenvalue weighted by molar-refractivity contribution is 0.0959. The fraction of sp³-hybridized carbons (Fsp3) is 0.0500. The van der Waals surface area contributed by atoms with E-state index in [1.807, 2.05) is 43.3 Å². The summed E-state index contributed by atoms with van der Waals surface area (Å²) in [5.74, 6) is -0.251. The molecule has 0 aliphatic rings. The van der Waals surface area contributed by atoms with Crippen LogP contribution in [0, 0.1) is 6.92 Å². The Morgan fingerprint density at radius 3 is 2.77 bits per heavy atom. The zero-order valence-corrected chi connectivity index (χ0v) is 15.4. The van der Waals surface area contributed by atoms with E-state index in [9.17, 15) is 4.79 Å². The van der Waals surface area contributed by atoms with Gasteiger partial charge in [0, 0.05) is 15.8 Å². The molecule has 0 bridgehead atoms. The normalized spacial score (nSPS) is 11.5. The number of hydrogen-bond donors (Lipinski definition) is 1. The molecular formula is C20H14ClN3OS. The van der Waals surface area contributed by atoms with E-state index in [1.165, 1.54) is 11.3 Å². The van der Waals surface area contributed by atoms with Crippen LogP contribution in [0.4, 0.5) is 0 Å². The molecule has 6 heteroatoms. The monoisotopic (exact) mass is 379 g/mol. The third-order valence-electron chi connectivity index (χ3n) is 4.01. The summed E-state index contributed by atoms with van der Waals surface area (Å²) in [5, 5.41) is 6.69. The number of benzene rings is 2. The second-order valence-electron chi connectivity index (χ2n) is 5.89. The van der Waals surface area contributed by atoms with Crippen molar-refractivity contribution in [1.29, 1.82) is 0 Å². The van der Waals surface area contributed by atoms with Gasteiger partial charge in [0.15, 0.2) is 0 Å². The van der Waals surface area contributed by atoms with Crippen LogP contribution in [0.1, 0.15) is 20.8 Å². The maximum absolute atomic E-state index is 12.4. The number of amides is 1. The molecule has 0 aliphatic carbocycles. The van der Waals surface area contributed by atoms with Crippen molar-refractivity contribution in [2.75, 3.05) is 0 Å². The van der Waals surface area contributed by atoms with Gasteiger partial charge >= 0.3 is 0 Å². The Labute approximate surface area is 159 Å². The molecule has 4 nitrogen and oxygen atoms in total. The SMILES string of the molecule is Cc1cccc2cc3cc(C(=O)N/N=C\c4ccc(Cl)cc4)sc3nc12. The number of fused-ring (bicyclic) bond motifs is 2. The number of pyridine rings is 1. The van der Waals surface area contributed by atoms with Gasteiger partial charge in [0.25, 0.3) is 5.91 Å². The summed E-state index contributed by atoms with van der Waals surface area (Å²) >= 11 is 7.21. The molecule has 0 fully saturated rings. The van der Waals surface area contributed by atoms with Crippen molar-refractivity contribution in [3.05, 3.63) is 75.6 Å². The average molecular weight is 380 g/mol. The van der Waals surface area contributed by atoms with Crippen LogP contribution < -0.4 is 5.43 Å². The number of carbonyl (C=O) groups excluding carboxylic acids is 1. The molecule has 0 atom stereocenters. The first-order valence-electron chi connectivity index (χ1n) is 7.99. The number of nitrogens with one attached hydrogen (secondary N) is 1. The van der Waals surface area contributed by atoms with Crippen molar-refractivity contribution in [2.24, 2.45) is 5.10 Å². The summed E-state index contributed by atoms with van der Waals surface area (Å²) in [6.07, 6.45) is 1.58. The number of nitrogens with zero attached hydrogens (tertiary/aromatic N) is 2. The summed E-state index contributed by atoms with van der Waals surface area (Å²) in [6.45, 7) is 2.04. The number of rotatable bonds is 3. The third-order valence-corrected chi connectivity index (χ3v) is 5.30. The minimum Gasteiger partial charge on any atom is -0.266 e. The number of hydrazone groups is 1. The Morgan fingerprint density at radius 1 is 1.15 bits per heavy atom. The Morgan fingerprint density at radius 2 is 1.96 bits per heavy atom. The zero-order valence-electron chi connectivity index (χ0n) is 13.9. The van der Waals surface area contributed by atoms with Gasteiger partial charge in [-0.25, -0.2) is 10.4 Å². The number of thiophene rings is 1. The first-order valence-corrected chi connectivity index (χ1v) is 9.18. The first-order chi connectivity index (χ1) is 12.6. The molecule has 0 unspecified atom stereocenters. The highest BCUT2D eigenvalue weighted by atomic mass is 35.5. The Balaban J connectivity index is 1.57. The largest absolute Gasteiger partial charge is 0.281 e. The van der Waals surface area contributed by atoms with Crippen molar-refractivity contribution in [1.82, 2.24) is 10.4 Å². The number of aryl methyl sites for hydroxylation is 1. The maximum Gasteiger partial charge on any atom is 0.281 e. The molecule has 2 heterocycles. The average Bonchev–Trinajstić information content (AvgIpc) is 3.05. The van der Waals surface area contributed by atoms with Crippen molar-refractivity contribution in [3.8, 4) is 0 Å². The summed E-state index contributed by atoms with van der Waals surface area (Å²) in [6, 6.07) is 17.2. The van der Waals surface area contributed by atoms with Gasteiger partial charge in [-0.15, -0.1) is 11.3 Å². The van der Waals surface area contributed by atoms with Crippen LogP contribution >= 0.6 is 22.9 Å². The topological polar surface area (TPSA) is 54.4 Å².